The van der Waals surface area contributed by atoms with E-state index in [0.717, 1.165) is 36.9 Å². The Labute approximate surface area is 101 Å². The number of amides is 1. The number of aldehydes is 1. The number of piperidine rings is 1. The van der Waals surface area contributed by atoms with Crippen LogP contribution in [0.4, 0.5) is 5.69 Å². The maximum Gasteiger partial charge on any atom is 0.226 e. The Bertz CT molecular complexity index is 451. The van der Waals surface area contributed by atoms with E-state index in [-0.39, 0.29) is 5.91 Å². The predicted octanol–water partition coefficient (Wildman–Crippen LogP) is 2.42. The van der Waals surface area contributed by atoms with Crippen molar-refractivity contribution < 1.29 is 9.59 Å². The zero-order valence-corrected chi connectivity index (χ0v) is 9.63. The standard InChI is InChI=1S/C14H15NO2/c16-11-5-7-12-6-1-2-8-13(12)15-10-4-3-9-14(15)17/h1-2,5-8,11H,3-4,9-10H2/b7-5+. The second kappa shape index (κ2) is 5.43. The fourth-order valence-corrected chi connectivity index (χ4v) is 2.08. The molecule has 3 nitrogen and oxygen atoms in total. The smallest absolute Gasteiger partial charge is 0.226 e. The van der Waals surface area contributed by atoms with Gasteiger partial charge in [-0.2, -0.15) is 0 Å². The summed E-state index contributed by atoms with van der Waals surface area (Å²) in [5.41, 5.74) is 1.81. The Hall–Kier alpha value is -1.90. The molecule has 0 aliphatic carbocycles. The molecule has 1 aromatic rings. The SMILES string of the molecule is O=C/C=C/c1ccccc1N1CCCCC1=O. The molecular weight excluding hydrogens is 214 g/mol. The number of rotatable bonds is 3. The molecule has 1 fully saturated rings. The number of carbonyl (C=O) groups is 2. The highest BCUT2D eigenvalue weighted by molar-refractivity contribution is 5.96. The highest BCUT2D eigenvalue weighted by Crippen LogP contribution is 2.25. The third-order valence-corrected chi connectivity index (χ3v) is 2.91. The number of anilines is 1. The molecule has 1 heterocycles. The molecule has 0 aromatic heterocycles. The molecule has 88 valence electrons. The summed E-state index contributed by atoms with van der Waals surface area (Å²) in [5, 5.41) is 0. The highest BCUT2D eigenvalue weighted by atomic mass is 16.2. The molecule has 1 aliphatic rings. The van der Waals surface area contributed by atoms with E-state index in [1.807, 2.05) is 29.2 Å². The quantitative estimate of drug-likeness (QED) is 0.589. The molecule has 0 radical (unpaired) electrons. The van der Waals surface area contributed by atoms with E-state index < -0.39 is 0 Å². The molecule has 0 saturated carbocycles. The maximum absolute atomic E-state index is 11.9. The van der Waals surface area contributed by atoms with Gasteiger partial charge in [0.2, 0.25) is 5.91 Å². The first-order valence-electron chi connectivity index (χ1n) is 5.84. The van der Waals surface area contributed by atoms with Crippen molar-refractivity contribution in [2.45, 2.75) is 19.3 Å². The maximum atomic E-state index is 11.9. The molecule has 1 aliphatic heterocycles. The number of para-hydroxylation sites is 1. The Morgan fingerprint density at radius 2 is 2.00 bits per heavy atom. The van der Waals surface area contributed by atoms with Crippen molar-refractivity contribution in [3.63, 3.8) is 0 Å². The molecule has 0 N–H and O–H groups in total. The topological polar surface area (TPSA) is 37.4 Å². The second-order valence-electron chi connectivity index (χ2n) is 4.06. The third kappa shape index (κ3) is 2.61. The zero-order chi connectivity index (χ0) is 12.1. The van der Waals surface area contributed by atoms with E-state index >= 15 is 0 Å². The van der Waals surface area contributed by atoms with Gasteiger partial charge in [-0.15, -0.1) is 0 Å². The lowest BCUT2D eigenvalue weighted by Crippen LogP contribution is -2.35. The van der Waals surface area contributed by atoms with Gasteiger partial charge in [0.1, 0.15) is 6.29 Å². The van der Waals surface area contributed by atoms with Gasteiger partial charge >= 0.3 is 0 Å². The Morgan fingerprint density at radius 1 is 1.18 bits per heavy atom. The van der Waals surface area contributed by atoms with Crippen LogP contribution in [0.5, 0.6) is 0 Å². The van der Waals surface area contributed by atoms with Crippen molar-refractivity contribution in [3.8, 4) is 0 Å². The van der Waals surface area contributed by atoms with Gasteiger partial charge in [0.25, 0.3) is 0 Å². The molecule has 1 amide bonds. The van der Waals surface area contributed by atoms with Gasteiger partial charge < -0.3 is 4.90 Å². The predicted molar refractivity (Wildman–Crippen MR) is 67.7 cm³/mol. The monoisotopic (exact) mass is 229 g/mol. The lowest BCUT2D eigenvalue weighted by atomic mass is 10.1. The fraction of sp³-hybridized carbons (Fsp3) is 0.286. The zero-order valence-electron chi connectivity index (χ0n) is 9.63. The van der Waals surface area contributed by atoms with Crippen molar-refractivity contribution in [1.82, 2.24) is 0 Å². The van der Waals surface area contributed by atoms with Crippen molar-refractivity contribution >= 4 is 24.0 Å². The highest BCUT2D eigenvalue weighted by Gasteiger charge is 2.20. The van der Waals surface area contributed by atoms with Crippen molar-refractivity contribution in [2.75, 3.05) is 11.4 Å². The van der Waals surface area contributed by atoms with Crippen LogP contribution in [0.1, 0.15) is 24.8 Å². The Balaban J connectivity index is 2.33. The summed E-state index contributed by atoms with van der Waals surface area (Å²) in [6, 6.07) is 7.66. The number of allylic oxidation sites excluding steroid dienone is 1. The number of hydrogen-bond donors (Lipinski definition) is 0. The molecular formula is C14H15NO2. The number of hydrogen-bond acceptors (Lipinski definition) is 2. The largest absolute Gasteiger partial charge is 0.312 e. The summed E-state index contributed by atoms with van der Waals surface area (Å²) >= 11 is 0. The van der Waals surface area contributed by atoms with Gasteiger partial charge in [-0.3, -0.25) is 9.59 Å². The number of benzene rings is 1. The van der Waals surface area contributed by atoms with Crippen molar-refractivity contribution in [1.29, 1.82) is 0 Å². The second-order valence-corrected chi connectivity index (χ2v) is 4.06. The Kier molecular flexibility index (Phi) is 3.70. The lowest BCUT2D eigenvalue weighted by molar-refractivity contribution is -0.119. The molecule has 1 aromatic carbocycles. The van der Waals surface area contributed by atoms with E-state index in [2.05, 4.69) is 0 Å². The normalized spacial score (nSPS) is 16.5. The van der Waals surface area contributed by atoms with Gasteiger partial charge in [0.05, 0.1) is 5.69 Å². The van der Waals surface area contributed by atoms with Gasteiger partial charge in [0.15, 0.2) is 0 Å². The summed E-state index contributed by atoms with van der Waals surface area (Å²) < 4.78 is 0. The van der Waals surface area contributed by atoms with Crippen molar-refractivity contribution in [2.24, 2.45) is 0 Å². The van der Waals surface area contributed by atoms with Crippen LogP contribution in [0.2, 0.25) is 0 Å². The number of carbonyl (C=O) groups excluding carboxylic acids is 2. The van der Waals surface area contributed by atoms with Crippen LogP contribution in [0, 0.1) is 0 Å². The molecule has 2 rings (SSSR count). The minimum absolute atomic E-state index is 0.170. The molecule has 0 unspecified atom stereocenters. The number of nitrogens with zero attached hydrogens (tertiary/aromatic N) is 1. The third-order valence-electron chi connectivity index (χ3n) is 2.91. The molecule has 3 heteroatoms. The van der Waals surface area contributed by atoms with Crippen LogP contribution in [0.15, 0.2) is 30.3 Å². The molecule has 17 heavy (non-hydrogen) atoms. The average molecular weight is 229 g/mol. The van der Waals surface area contributed by atoms with Crippen molar-refractivity contribution in [3.05, 3.63) is 35.9 Å². The first kappa shape index (κ1) is 11.6. The van der Waals surface area contributed by atoms with Gasteiger partial charge in [0, 0.05) is 13.0 Å². The van der Waals surface area contributed by atoms with Gasteiger partial charge in [-0.1, -0.05) is 18.2 Å². The van der Waals surface area contributed by atoms with Crippen LogP contribution < -0.4 is 4.90 Å². The van der Waals surface area contributed by atoms with Gasteiger partial charge in [-0.05, 0) is 36.6 Å². The molecule has 0 bridgehead atoms. The van der Waals surface area contributed by atoms with Crippen LogP contribution in [-0.2, 0) is 9.59 Å². The summed E-state index contributed by atoms with van der Waals surface area (Å²) in [4.78, 5) is 24.0. The van der Waals surface area contributed by atoms with E-state index in [1.54, 1.807) is 6.08 Å². The first-order chi connectivity index (χ1) is 8.33. The average Bonchev–Trinajstić information content (AvgIpc) is 2.37. The van der Waals surface area contributed by atoms with E-state index in [0.29, 0.717) is 6.42 Å². The lowest BCUT2D eigenvalue weighted by Gasteiger charge is -2.28. The fourth-order valence-electron chi connectivity index (χ4n) is 2.08. The summed E-state index contributed by atoms with van der Waals surface area (Å²) in [7, 11) is 0. The summed E-state index contributed by atoms with van der Waals surface area (Å²) in [6.45, 7) is 0.769. The molecule has 1 saturated heterocycles. The van der Waals surface area contributed by atoms with Gasteiger partial charge in [-0.25, -0.2) is 0 Å². The molecule has 0 spiro atoms. The van der Waals surface area contributed by atoms with E-state index in [9.17, 15) is 9.59 Å². The summed E-state index contributed by atoms with van der Waals surface area (Å²) in [6.07, 6.45) is 6.57. The molecule has 0 atom stereocenters. The van der Waals surface area contributed by atoms with E-state index in [4.69, 9.17) is 0 Å². The Morgan fingerprint density at radius 3 is 2.76 bits per heavy atom. The first-order valence-corrected chi connectivity index (χ1v) is 5.84. The van der Waals surface area contributed by atoms with E-state index in [1.165, 1.54) is 6.08 Å². The minimum atomic E-state index is 0.170. The minimum Gasteiger partial charge on any atom is -0.312 e. The van der Waals surface area contributed by atoms with Crippen LogP contribution in [-0.4, -0.2) is 18.7 Å². The van der Waals surface area contributed by atoms with Crippen LogP contribution in [0.3, 0.4) is 0 Å². The summed E-state index contributed by atoms with van der Waals surface area (Å²) in [5.74, 6) is 0.170. The van der Waals surface area contributed by atoms with Crippen LogP contribution >= 0.6 is 0 Å². The van der Waals surface area contributed by atoms with Crippen LogP contribution in [0.25, 0.3) is 6.08 Å².